The van der Waals surface area contributed by atoms with Gasteiger partial charge in [-0.2, -0.15) is 0 Å². The Morgan fingerprint density at radius 2 is 1.88 bits per heavy atom. The lowest BCUT2D eigenvalue weighted by atomic mass is 9.78. The van der Waals surface area contributed by atoms with E-state index in [0.29, 0.717) is 17.0 Å². The van der Waals surface area contributed by atoms with Crippen LogP contribution in [0.25, 0.3) is 0 Å². The minimum absolute atomic E-state index is 0.0694. The fourth-order valence-corrected chi connectivity index (χ4v) is 2.78. The van der Waals surface area contributed by atoms with Crippen LogP contribution in [0.4, 0.5) is 0 Å². The summed E-state index contributed by atoms with van der Waals surface area (Å²) in [5, 5.41) is 0.525. The first kappa shape index (κ1) is 12.6. The summed E-state index contributed by atoms with van der Waals surface area (Å²) in [4.78, 5) is 12.2. The summed E-state index contributed by atoms with van der Waals surface area (Å²) in [5.41, 5.74) is 6.57. The van der Waals surface area contributed by atoms with Crippen molar-refractivity contribution in [3.63, 3.8) is 0 Å². The van der Waals surface area contributed by atoms with Crippen LogP contribution in [0.1, 0.15) is 48.9 Å². The van der Waals surface area contributed by atoms with Crippen molar-refractivity contribution in [1.29, 1.82) is 0 Å². The molecule has 2 nitrogen and oxygen atoms in total. The third kappa shape index (κ3) is 3.08. The van der Waals surface area contributed by atoms with Crippen LogP contribution in [0.3, 0.4) is 0 Å². The Kier molecular flexibility index (Phi) is 3.85. The number of hydrogen-bond donors (Lipinski definition) is 1. The van der Waals surface area contributed by atoms with Crippen LogP contribution in [0.2, 0.25) is 5.02 Å². The minimum Gasteiger partial charge on any atom is -0.325 e. The highest BCUT2D eigenvalue weighted by atomic mass is 35.5. The molecular weight excluding hydrogens is 234 g/mol. The summed E-state index contributed by atoms with van der Waals surface area (Å²) in [6.07, 6.45) is 5.81. The molecule has 0 spiro atoms. The van der Waals surface area contributed by atoms with E-state index < -0.39 is 0 Å². The van der Waals surface area contributed by atoms with Gasteiger partial charge in [-0.3, -0.25) is 4.79 Å². The Bertz CT molecular complexity index is 410. The summed E-state index contributed by atoms with van der Waals surface area (Å²) in [7, 11) is 0. The van der Waals surface area contributed by atoms with Gasteiger partial charge in [0.1, 0.15) is 0 Å². The molecule has 1 aromatic rings. The zero-order chi connectivity index (χ0) is 12.3. The second-order valence-corrected chi connectivity index (χ2v) is 5.41. The number of rotatable bonds is 3. The van der Waals surface area contributed by atoms with Crippen molar-refractivity contribution in [1.82, 2.24) is 0 Å². The van der Waals surface area contributed by atoms with Gasteiger partial charge in [-0.15, -0.1) is 0 Å². The summed E-state index contributed by atoms with van der Waals surface area (Å²) in [6, 6.07) is 7.19. The van der Waals surface area contributed by atoms with E-state index in [1.165, 1.54) is 6.42 Å². The molecule has 1 aliphatic rings. The van der Waals surface area contributed by atoms with Crippen molar-refractivity contribution >= 4 is 17.4 Å². The second kappa shape index (κ2) is 5.19. The molecule has 0 amide bonds. The van der Waals surface area contributed by atoms with Crippen LogP contribution in [0.5, 0.6) is 0 Å². The van der Waals surface area contributed by atoms with E-state index >= 15 is 0 Å². The normalized spacial score (nSPS) is 18.9. The average molecular weight is 252 g/mol. The van der Waals surface area contributed by atoms with Gasteiger partial charge in [-0.1, -0.05) is 43.0 Å². The molecule has 0 radical (unpaired) electrons. The average Bonchev–Trinajstić information content (AvgIpc) is 2.29. The summed E-state index contributed by atoms with van der Waals surface area (Å²) >= 11 is 6.02. The monoisotopic (exact) mass is 251 g/mol. The molecule has 0 heterocycles. The molecule has 2 N–H and O–H groups in total. The minimum atomic E-state index is -0.311. The first-order chi connectivity index (χ1) is 8.11. The third-order valence-electron chi connectivity index (χ3n) is 3.54. The molecule has 0 saturated heterocycles. The maximum atomic E-state index is 12.2. The Morgan fingerprint density at radius 1 is 1.24 bits per heavy atom. The van der Waals surface area contributed by atoms with E-state index in [9.17, 15) is 4.79 Å². The molecule has 0 aliphatic heterocycles. The Hall–Kier alpha value is -0.860. The topological polar surface area (TPSA) is 43.1 Å². The Balaban J connectivity index is 2.09. The Morgan fingerprint density at radius 3 is 2.53 bits per heavy atom. The highest BCUT2D eigenvalue weighted by molar-refractivity contribution is 6.33. The molecule has 3 heteroatoms. The standard InChI is InChI=1S/C14H18ClNO/c15-12-7-3-2-6-11(12)13(17)10-14(16)8-4-1-5-9-14/h2-3,6-7H,1,4-5,8-10,16H2. The molecule has 1 fully saturated rings. The summed E-state index contributed by atoms with van der Waals surface area (Å²) < 4.78 is 0. The maximum Gasteiger partial charge on any atom is 0.166 e. The van der Waals surface area contributed by atoms with E-state index in [1.54, 1.807) is 12.1 Å². The van der Waals surface area contributed by atoms with Crippen molar-refractivity contribution in [2.24, 2.45) is 5.73 Å². The zero-order valence-electron chi connectivity index (χ0n) is 9.92. The molecule has 1 saturated carbocycles. The second-order valence-electron chi connectivity index (χ2n) is 5.00. The summed E-state index contributed by atoms with van der Waals surface area (Å²) in [5.74, 6) is 0.0694. The van der Waals surface area contributed by atoms with E-state index in [4.69, 9.17) is 17.3 Å². The molecule has 0 aromatic heterocycles. The largest absolute Gasteiger partial charge is 0.325 e. The van der Waals surface area contributed by atoms with Gasteiger partial charge < -0.3 is 5.73 Å². The fourth-order valence-electron chi connectivity index (χ4n) is 2.54. The van der Waals surface area contributed by atoms with Crippen LogP contribution < -0.4 is 5.73 Å². The molecule has 17 heavy (non-hydrogen) atoms. The van der Waals surface area contributed by atoms with E-state index in [2.05, 4.69) is 0 Å². The van der Waals surface area contributed by atoms with Crippen LogP contribution >= 0.6 is 11.6 Å². The molecule has 0 bridgehead atoms. The van der Waals surface area contributed by atoms with E-state index in [-0.39, 0.29) is 11.3 Å². The number of carbonyl (C=O) groups excluding carboxylic acids is 1. The molecule has 2 rings (SSSR count). The number of halogens is 1. The number of hydrogen-bond acceptors (Lipinski definition) is 2. The van der Waals surface area contributed by atoms with E-state index in [0.717, 1.165) is 25.7 Å². The van der Waals surface area contributed by atoms with Gasteiger partial charge >= 0.3 is 0 Å². The van der Waals surface area contributed by atoms with Crippen LogP contribution in [-0.4, -0.2) is 11.3 Å². The van der Waals surface area contributed by atoms with Crippen molar-refractivity contribution in [3.05, 3.63) is 34.9 Å². The zero-order valence-corrected chi connectivity index (χ0v) is 10.7. The van der Waals surface area contributed by atoms with E-state index in [1.807, 2.05) is 12.1 Å². The molecule has 1 aliphatic carbocycles. The van der Waals surface area contributed by atoms with Crippen molar-refractivity contribution in [2.45, 2.75) is 44.1 Å². The maximum absolute atomic E-state index is 12.2. The first-order valence-electron chi connectivity index (χ1n) is 6.17. The SMILES string of the molecule is NC1(CC(=O)c2ccccc2Cl)CCCCC1. The molecule has 0 unspecified atom stereocenters. The highest BCUT2D eigenvalue weighted by Gasteiger charge is 2.30. The van der Waals surface area contributed by atoms with Crippen LogP contribution in [0, 0.1) is 0 Å². The highest BCUT2D eigenvalue weighted by Crippen LogP contribution is 2.30. The predicted molar refractivity (Wildman–Crippen MR) is 70.4 cm³/mol. The lowest BCUT2D eigenvalue weighted by molar-refractivity contribution is 0.0935. The molecule has 1 aromatic carbocycles. The number of benzene rings is 1. The fraction of sp³-hybridized carbons (Fsp3) is 0.500. The van der Waals surface area contributed by atoms with Crippen LogP contribution in [0.15, 0.2) is 24.3 Å². The van der Waals surface area contributed by atoms with Gasteiger partial charge in [0.2, 0.25) is 0 Å². The van der Waals surface area contributed by atoms with Gasteiger partial charge in [0.25, 0.3) is 0 Å². The predicted octanol–water partition coefficient (Wildman–Crippen LogP) is 3.57. The van der Waals surface area contributed by atoms with Gasteiger partial charge in [0.15, 0.2) is 5.78 Å². The summed E-state index contributed by atoms with van der Waals surface area (Å²) in [6.45, 7) is 0. The smallest absolute Gasteiger partial charge is 0.166 e. The van der Waals surface area contributed by atoms with Gasteiger partial charge in [-0.05, 0) is 25.0 Å². The number of nitrogens with two attached hydrogens (primary N) is 1. The van der Waals surface area contributed by atoms with Crippen molar-refractivity contribution in [2.75, 3.05) is 0 Å². The lowest BCUT2D eigenvalue weighted by Crippen LogP contribution is -2.43. The van der Waals surface area contributed by atoms with Crippen molar-refractivity contribution in [3.8, 4) is 0 Å². The first-order valence-corrected chi connectivity index (χ1v) is 6.55. The Labute approximate surface area is 107 Å². The molecular formula is C14H18ClNO. The quantitative estimate of drug-likeness (QED) is 0.835. The van der Waals surface area contributed by atoms with Gasteiger partial charge in [-0.25, -0.2) is 0 Å². The number of carbonyl (C=O) groups is 1. The van der Waals surface area contributed by atoms with Gasteiger partial charge in [0, 0.05) is 17.5 Å². The van der Waals surface area contributed by atoms with Gasteiger partial charge in [0.05, 0.1) is 5.02 Å². The van der Waals surface area contributed by atoms with Crippen LogP contribution in [-0.2, 0) is 0 Å². The molecule has 0 atom stereocenters. The number of Topliss-reactive ketones (excluding diaryl/α,β-unsaturated/α-hetero) is 1. The van der Waals surface area contributed by atoms with Crippen molar-refractivity contribution < 1.29 is 4.79 Å². The lowest BCUT2D eigenvalue weighted by Gasteiger charge is -2.32. The number of ketones is 1. The third-order valence-corrected chi connectivity index (χ3v) is 3.87. The molecule has 92 valence electrons.